The molecule has 1 amide bonds. The molecule has 2 heterocycles. The molecule has 4 rings (SSSR count). The third-order valence-corrected chi connectivity index (χ3v) is 5.22. The second-order valence-electron chi connectivity index (χ2n) is 6.88. The monoisotopic (exact) mass is 433 g/mol. The maximum Gasteiger partial charge on any atom is 0.211 e. The summed E-state index contributed by atoms with van der Waals surface area (Å²) < 4.78 is 23.6. The Morgan fingerprint density at radius 3 is 2.31 bits per heavy atom. The van der Waals surface area contributed by atoms with Crippen molar-refractivity contribution < 1.29 is 23.7 Å². The maximum atomic E-state index is 11.3. The van der Waals surface area contributed by atoms with E-state index in [9.17, 15) is 4.79 Å². The van der Waals surface area contributed by atoms with E-state index in [-0.39, 0.29) is 0 Å². The van der Waals surface area contributed by atoms with Crippen LogP contribution in [0.4, 0.5) is 5.69 Å². The van der Waals surface area contributed by atoms with Gasteiger partial charge in [-0.05, 0) is 36.4 Å². The van der Waals surface area contributed by atoms with Crippen molar-refractivity contribution in [3.63, 3.8) is 0 Å². The van der Waals surface area contributed by atoms with Gasteiger partial charge in [0.05, 0.1) is 46.0 Å². The van der Waals surface area contributed by atoms with Crippen molar-refractivity contribution in [1.29, 1.82) is 0 Å². The minimum Gasteiger partial charge on any atom is -0.497 e. The molecule has 0 atom stereocenters. The molecule has 2 aromatic heterocycles. The second-order valence-corrected chi connectivity index (χ2v) is 6.88. The molecule has 0 aliphatic carbocycles. The largest absolute Gasteiger partial charge is 0.497 e. The molecule has 0 saturated heterocycles. The number of carbonyl (C=O) groups is 1. The van der Waals surface area contributed by atoms with Crippen LogP contribution in [0, 0.1) is 0 Å². The predicted octanol–water partition coefficient (Wildman–Crippen LogP) is 4.27. The van der Waals surface area contributed by atoms with Gasteiger partial charge in [-0.3, -0.25) is 9.20 Å². The van der Waals surface area contributed by atoms with E-state index in [1.54, 1.807) is 34.6 Å². The average molecular weight is 433 g/mol. The number of pyridine rings is 1. The topological polar surface area (TPSA) is 83.3 Å². The third-order valence-electron chi connectivity index (χ3n) is 5.22. The number of fused-ring (bicyclic) bond motifs is 1. The molecule has 8 heteroatoms. The van der Waals surface area contributed by atoms with E-state index in [1.807, 2.05) is 53.1 Å². The molecule has 0 fully saturated rings. The van der Waals surface area contributed by atoms with Crippen LogP contribution >= 0.6 is 0 Å². The summed E-state index contributed by atoms with van der Waals surface area (Å²) in [6.07, 6.45) is 4.34. The molecule has 1 N–H and O–H groups in total. The Hall–Kier alpha value is -4.20. The van der Waals surface area contributed by atoms with Gasteiger partial charge in [0.1, 0.15) is 11.5 Å². The number of ether oxygens (including phenoxy) is 4. The zero-order chi connectivity index (χ0) is 22.7. The van der Waals surface area contributed by atoms with Gasteiger partial charge >= 0.3 is 0 Å². The molecule has 0 radical (unpaired) electrons. The number of amides is 1. The highest BCUT2D eigenvalue weighted by Crippen LogP contribution is 2.37. The second kappa shape index (κ2) is 8.89. The fraction of sp³-hybridized carbons (Fsp3) is 0.167. The highest BCUT2D eigenvalue weighted by Gasteiger charge is 2.16. The highest BCUT2D eigenvalue weighted by atomic mass is 16.5. The summed E-state index contributed by atoms with van der Waals surface area (Å²) in [7, 11) is 6.40. The minimum atomic E-state index is 0.571. The zero-order valence-electron chi connectivity index (χ0n) is 18.2. The van der Waals surface area contributed by atoms with E-state index in [0.717, 1.165) is 22.4 Å². The molecule has 4 aromatic rings. The van der Waals surface area contributed by atoms with Crippen LogP contribution in [0.2, 0.25) is 0 Å². The van der Waals surface area contributed by atoms with E-state index in [1.165, 1.54) is 0 Å². The fourth-order valence-corrected chi connectivity index (χ4v) is 3.65. The zero-order valence-corrected chi connectivity index (χ0v) is 18.2. The first-order valence-corrected chi connectivity index (χ1v) is 9.79. The van der Waals surface area contributed by atoms with Crippen molar-refractivity contribution >= 4 is 17.7 Å². The average Bonchev–Trinajstić information content (AvgIpc) is 3.27. The molecule has 164 valence electrons. The van der Waals surface area contributed by atoms with Crippen LogP contribution in [0.5, 0.6) is 23.0 Å². The number of nitrogens with zero attached hydrogens (tertiary/aromatic N) is 2. The van der Waals surface area contributed by atoms with Gasteiger partial charge in [0.15, 0.2) is 17.1 Å². The Kier molecular flexibility index (Phi) is 5.85. The molecule has 0 bridgehead atoms. The van der Waals surface area contributed by atoms with Crippen LogP contribution in [-0.4, -0.2) is 44.2 Å². The number of rotatable bonds is 8. The SMILES string of the molecule is COc1ccc(-c2cc(NC=O)c3ncc(-c4ccc(OC)c(OC)c4)n3c2)c(OC)c1. The van der Waals surface area contributed by atoms with Gasteiger partial charge in [-0.25, -0.2) is 4.98 Å². The van der Waals surface area contributed by atoms with Crippen molar-refractivity contribution in [3.8, 4) is 45.4 Å². The van der Waals surface area contributed by atoms with Gasteiger partial charge in [0.2, 0.25) is 6.41 Å². The fourth-order valence-electron chi connectivity index (χ4n) is 3.65. The Bertz CT molecular complexity index is 1280. The van der Waals surface area contributed by atoms with Crippen molar-refractivity contribution in [2.24, 2.45) is 0 Å². The molecular formula is C24H23N3O5. The lowest BCUT2D eigenvalue weighted by atomic mass is 10.1. The summed E-state index contributed by atoms with van der Waals surface area (Å²) >= 11 is 0. The van der Waals surface area contributed by atoms with Crippen LogP contribution in [0.25, 0.3) is 28.0 Å². The smallest absolute Gasteiger partial charge is 0.211 e. The van der Waals surface area contributed by atoms with Crippen LogP contribution in [0.15, 0.2) is 54.9 Å². The number of carbonyl (C=O) groups excluding carboxylic acids is 1. The normalized spacial score (nSPS) is 10.6. The van der Waals surface area contributed by atoms with Gasteiger partial charge in [0, 0.05) is 29.0 Å². The van der Waals surface area contributed by atoms with Crippen LogP contribution in [-0.2, 0) is 4.79 Å². The lowest BCUT2D eigenvalue weighted by molar-refractivity contribution is -0.105. The molecular weight excluding hydrogens is 410 g/mol. The van der Waals surface area contributed by atoms with Crippen LogP contribution in [0.1, 0.15) is 0 Å². The van der Waals surface area contributed by atoms with E-state index >= 15 is 0 Å². The first-order chi connectivity index (χ1) is 15.6. The quantitative estimate of drug-likeness (QED) is 0.418. The van der Waals surface area contributed by atoms with Gasteiger partial charge in [-0.1, -0.05) is 0 Å². The Morgan fingerprint density at radius 1 is 0.844 bits per heavy atom. The van der Waals surface area contributed by atoms with E-state index in [0.29, 0.717) is 40.7 Å². The van der Waals surface area contributed by atoms with Crippen LogP contribution < -0.4 is 24.3 Å². The summed E-state index contributed by atoms with van der Waals surface area (Å²) in [6, 6.07) is 13.1. The number of nitrogens with one attached hydrogen (secondary N) is 1. The van der Waals surface area contributed by atoms with E-state index in [2.05, 4.69) is 10.3 Å². The molecule has 32 heavy (non-hydrogen) atoms. The van der Waals surface area contributed by atoms with Crippen molar-refractivity contribution in [1.82, 2.24) is 9.38 Å². The van der Waals surface area contributed by atoms with Gasteiger partial charge in [0.25, 0.3) is 0 Å². The number of anilines is 1. The number of methoxy groups -OCH3 is 4. The van der Waals surface area contributed by atoms with E-state index < -0.39 is 0 Å². The highest BCUT2D eigenvalue weighted by molar-refractivity contribution is 5.87. The first-order valence-electron chi connectivity index (χ1n) is 9.79. The summed E-state index contributed by atoms with van der Waals surface area (Å²) in [5, 5.41) is 2.75. The summed E-state index contributed by atoms with van der Waals surface area (Å²) in [5.41, 5.74) is 4.56. The predicted molar refractivity (Wildman–Crippen MR) is 122 cm³/mol. The van der Waals surface area contributed by atoms with Crippen LogP contribution in [0.3, 0.4) is 0 Å². The number of imidazole rings is 1. The number of aromatic nitrogens is 2. The molecule has 0 spiro atoms. The minimum absolute atomic E-state index is 0.571. The number of hydrogen-bond acceptors (Lipinski definition) is 6. The standard InChI is InChI=1S/C24H23N3O5/c1-29-17-6-7-18(22(11-17)31-3)16-9-19(26-14-28)24-25-12-20(27(24)13-16)15-5-8-21(30-2)23(10-15)32-4/h5-14H,1-4H3,(H,26,28). The molecule has 0 saturated carbocycles. The summed E-state index contributed by atoms with van der Waals surface area (Å²) in [6.45, 7) is 0. The Balaban J connectivity index is 1.94. The summed E-state index contributed by atoms with van der Waals surface area (Å²) in [4.78, 5) is 15.8. The lowest BCUT2D eigenvalue weighted by Crippen LogP contribution is -2.00. The Morgan fingerprint density at radius 2 is 1.62 bits per heavy atom. The van der Waals surface area contributed by atoms with Gasteiger partial charge in [-0.15, -0.1) is 0 Å². The van der Waals surface area contributed by atoms with Crippen molar-refractivity contribution in [3.05, 3.63) is 54.9 Å². The first kappa shape index (κ1) is 21.0. The molecule has 0 aliphatic rings. The maximum absolute atomic E-state index is 11.3. The van der Waals surface area contributed by atoms with Gasteiger partial charge < -0.3 is 24.3 Å². The van der Waals surface area contributed by atoms with Crippen molar-refractivity contribution in [2.75, 3.05) is 33.8 Å². The molecule has 2 aromatic carbocycles. The Labute approximate surface area is 185 Å². The third kappa shape index (κ3) is 3.66. The molecule has 8 nitrogen and oxygen atoms in total. The number of benzene rings is 2. The van der Waals surface area contributed by atoms with Crippen molar-refractivity contribution in [2.45, 2.75) is 0 Å². The molecule has 0 aliphatic heterocycles. The lowest BCUT2D eigenvalue weighted by Gasteiger charge is -2.14. The summed E-state index contributed by atoms with van der Waals surface area (Å²) in [5.74, 6) is 2.58. The number of hydrogen-bond donors (Lipinski definition) is 1. The van der Waals surface area contributed by atoms with E-state index in [4.69, 9.17) is 18.9 Å². The molecule has 0 unspecified atom stereocenters. The van der Waals surface area contributed by atoms with Gasteiger partial charge in [-0.2, -0.15) is 0 Å².